The molecule has 1 unspecified atom stereocenters. The second-order valence-corrected chi connectivity index (χ2v) is 6.89. The maximum atomic E-state index is 5.56. The molecule has 0 radical (unpaired) electrons. The number of hydrogen-bond acceptors (Lipinski definition) is 4. The van der Waals surface area contributed by atoms with Gasteiger partial charge < -0.3 is 11.1 Å². The highest BCUT2D eigenvalue weighted by Gasteiger charge is 2.13. The predicted octanol–water partition coefficient (Wildman–Crippen LogP) is 2.58. The van der Waals surface area contributed by atoms with Gasteiger partial charge in [0.25, 0.3) is 0 Å². The molecule has 1 aliphatic heterocycles. The van der Waals surface area contributed by atoms with Gasteiger partial charge in [0.15, 0.2) is 0 Å². The summed E-state index contributed by atoms with van der Waals surface area (Å²) in [6.07, 6.45) is 0. The van der Waals surface area contributed by atoms with E-state index in [1.165, 1.54) is 17.3 Å². The molecule has 1 aromatic carbocycles. The molecule has 1 aliphatic rings. The van der Waals surface area contributed by atoms with Gasteiger partial charge in [-0.3, -0.25) is 0 Å². The van der Waals surface area contributed by atoms with Gasteiger partial charge in [-0.15, -0.1) is 0 Å². The highest BCUT2D eigenvalue weighted by Crippen LogP contribution is 2.24. The summed E-state index contributed by atoms with van der Waals surface area (Å²) in [7, 11) is 0. The SMILES string of the molecule is NC(=S)c1ccc(NCC2CSCCS2)cc1. The van der Waals surface area contributed by atoms with E-state index < -0.39 is 0 Å². The van der Waals surface area contributed by atoms with Crippen molar-refractivity contribution in [3.63, 3.8) is 0 Å². The van der Waals surface area contributed by atoms with E-state index >= 15 is 0 Å². The van der Waals surface area contributed by atoms with Crippen LogP contribution in [0.3, 0.4) is 0 Å². The zero-order valence-electron chi connectivity index (χ0n) is 9.52. The fourth-order valence-corrected chi connectivity index (χ4v) is 4.39. The zero-order chi connectivity index (χ0) is 12.1. The van der Waals surface area contributed by atoms with Gasteiger partial charge in [0, 0.05) is 40.3 Å². The molecule has 2 rings (SSSR count). The quantitative estimate of drug-likeness (QED) is 0.831. The third-order valence-corrected chi connectivity index (χ3v) is 5.67. The Kier molecular flexibility index (Phi) is 5.00. The Balaban J connectivity index is 1.84. The highest BCUT2D eigenvalue weighted by molar-refractivity contribution is 8.06. The Labute approximate surface area is 116 Å². The summed E-state index contributed by atoms with van der Waals surface area (Å²) in [5, 5.41) is 4.19. The molecular formula is C12H16N2S3. The van der Waals surface area contributed by atoms with E-state index in [-0.39, 0.29) is 0 Å². The first-order chi connectivity index (χ1) is 8.25. The molecule has 3 N–H and O–H groups in total. The van der Waals surface area contributed by atoms with E-state index in [1.54, 1.807) is 0 Å². The number of anilines is 1. The molecule has 1 aromatic rings. The van der Waals surface area contributed by atoms with Crippen molar-refractivity contribution < 1.29 is 0 Å². The van der Waals surface area contributed by atoms with E-state index in [1.807, 2.05) is 24.3 Å². The second-order valence-electron chi connectivity index (χ2n) is 3.89. The van der Waals surface area contributed by atoms with Gasteiger partial charge in [-0.2, -0.15) is 23.5 Å². The Morgan fingerprint density at radius 3 is 2.71 bits per heavy atom. The lowest BCUT2D eigenvalue weighted by Crippen LogP contribution is -2.23. The zero-order valence-corrected chi connectivity index (χ0v) is 12.0. The van der Waals surface area contributed by atoms with Gasteiger partial charge in [-0.05, 0) is 24.3 Å². The summed E-state index contributed by atoms with van der Waals surface area (Å²) in [4.78, 5) is 0.454. The summed E-state index contributed by atoms with van der Waals surface area (Å²) in [6, 6.07) is 8.01. The first kappa shape index (κ1) is 13.1. The van der Waals surface area contributed by atoms with Crippen LogP contribution in [0.25, 0.3) is 0 Å². The van der Waals surface area contributed by atoms with Crippen molar-refractivity contribution in [1.82, 2.24) is 0 Å². The monoisotopic (exact) mass is 284 g/mol. The topological polar surface area (TPSA) is 38.0 Å². The highest BCUT2D eigenvalue weighted by atomic mass is 32.2. The molecule has 0 amide bonds. The minimum atomic E-state index is 0.454. The molecule has 0 saturated carbocycles. The van der Waals surface area contributed by atoms with E-state index in [4.69, 9.17) is 18.0 Å². The predicted molar refractivity (Wildman–Crippen MR) is 84.4 cm³/mol. The average molecular weight is 284 g/mol. The molecule has 92 valence electrons. The van der Waals surface area contributed by atoms with Crippen molar-refractivity contribution in [3.05, 3.63) is 29.8 Å². The van der Waals surface area contributed by atoms with E-state index in [9.17, 15) is 0 Å². The van der Waals surface area contributed by atoms with Crippen molar-refractivity contribution in [3.8, 4) is 0 Å². The number of nitrogens with one attached hydrogen (secondary N) is 1. The summed E-state index contributed by atoms with van der Waals surface area (Å²) in [6.45, 7) is 1.03. The molecule has 0 bridgehead atoms. The Hall–Kier alpha value is -0.390. The van der Waals surface area contributed by atoms with Crippen molar-refractivity contribution >= 4 is 46.4 Å². The van der Waals surface area contributed by atoms with E-state index in [2.05, 4.69) is 28.8 Å². The molecule has 0 aromatic heterocycles. The van der Waals surface area contributed by atoms with Gasteiger partial charge in [-0.1, -0.05) is 12.2 Å². The van der Waals surface area contributed by atoms with Crippen LogP contribution in [-0.2, 0) is 0 Å². The Bertz CT molecular complexity index is 372. The van der Waals surface area contributed by atoms with Crippen LogP contribution in [0.2, 0.25) is 0 Å². The standard InChI is InChI=1S/C12H16N2S3/c13-12(15)9-1-3-10(4-2-9)14-7-11-8-16-5-6-17-11/h1-4,11,14H,5-8H2,(H2,13,15). The van der Waals surface area contributed by atoms with Gasteiger partial charge in [0.1, 0.15) is 4.99 Å². The van der Waals surface area contributed by atoms with Crippen LogP contribution >= 0.6 is 35.7 Å². The van der Waals surface area contributed by atoms with Crippen LogP contribution in [0.1, 0.15) is 5.56 Å². The number of hydrogen-bond donors (Lipinski definition) is 2. The molecule has 17 heavy (non-hydrogen) atoms. The maximum absolute atomic E-state index is 5.56. The van der Waals surface area contributed by atoms with Crippen LogP contribution in [-0.4, -0.2) is 34.0 Å². The Morgan fingerprint density at radius 1 is 1.35 bits per heavy atom. The molecule has 0 spiro atoms. The van der Waals surface area contributed by atoms with Crippen molar-refractivity contribution in [2.45, 2.75) is 5.25 Å². The van der Waals surface area contributed by atoms with Crippen LogP contribution in [0.15, 0.2) is 24.3 Å². The van der Waals surface area contributed by atoms with Gasteiger partial charge in [-0.25, -0.2) is 0 Å². The molecule has 1 atom stereocenters. The molecule has 1 heterocycles. The largest absolute Gasteiger partial charge is 0.389 e. The lowest BCUT2D eigenvalue weighted by molar-refractivity contribution is 1.00. The van der Waals surface area contributed by atoms with E-state index in [0.29, 0.717) is 4.99 Å². The summed E-state index contributed by atoms with van der Waals surface area (Å²) in [5.74, 6) is 3.82. The number of benzene rings is 1. The molecule has 1 saturated heterocycles. The maximum Gasteiger partial charge on any atom is 0.103 e. The second kappa shape index (κ2) is 6.52. The van der Waals surface area contributed by atoms with Gasteiger partial charge in [0.05, 0.1) is 0 Å². The number of thioether (sulfide) groups is 2. The first-order valence-corrected chi connectivity index (χ1v) is 8.20. The number of nitrogens with two attached hydrogens (primary N) is 1. The van der Waals surface area contributed by atoms with Crippen LogP contribution < -0.4 is 11.1 Å². The van der Waals surface area contributed by atoms with Gasteiger partial charge >= 0.3 is 0 Å². The molecule has 2 nitrogen and oxygen atoms in total. The fourth-order valence-electron chi connectivity index (χ4n) is 1.64. The minimum absolute atomic E-state index is 0.454. The van der Waals surface area contributed by atoms with Crippen molar-refractivity contribution in [2.24, 2.45) is 5.73 Å². The summed E-state index contributed by atoms with van der Waals surface area (Å²) in [5.41, 5.74) is 7.62. The molecule has 0 aliphatic carbocycles. The molecular weight excluding hydrogens is 268 g/mol. The molecule has 1 fully saturated rings. The van der Waals surface area contributed by atoms with Crippen LogP contribution in [0, 0.1) is 0 Å². The smallest absolute Gasteiger partial charge is 0.103 e. The van der Waals surface area contributed by atoms with Gasteiger partial charge in [0.2, 0.25) is 0 Å². The van der Waals surface area contributed by atoms with Crippen molar-refractivity contribution in [1.29, 1.82) is 0 Å². The van der Waals surface area contributed by atoms with E-state index in [0.717, 1.165) is 23.0 Å². The van der Waals surface area contributed by atoms with Crippen LogP contribution in [0.5, 0.6) is 0 Å². The Morgan fingerprint density at radius 2 is 2.12 bits per heavy atom. The summed E-state index contributed by atoms with van der Waals surface area (Å²) >= 11 is 9.04. The first-order valence-electron chi connectivity index (χ1n) is 5.59. The lowest BCUT2D eigenvalue weighted by Gasteiger charge is -2.21. The average Bonchev–Trinajstić information content (AvgIpc) is 2.38. The number of rotatable bonds is 4. The summed E-state index contributed by atoms with van der Waals surface area (Å²) < 4.78 is 0. The number of thiocarbonyl (C=S) groups is 1. The lowest BCUT2D eigenvalue weighted by atomic mass is 10.2. The normalized spacial score (nSPS) is 19.9. The molecule has 5 heteroatoms. The van der Waals surface area contributed by atoms with Crippen LogP contribution in [0.4, 0.5) is 5.69 Å². The fraction of sp³-hybridized carbons (Fsp3) is 0.417. The van der Waals surface area contributed by atoms with Crippen molar-refractivity contribution in [2.75, 3.05) is 29.1 Å². The minimum Gasteiger partial charge on any atom is -0.389 e. The third kappa shape index (κ3) is 4.08. The third-order valence-electron chi connectivity index (χ3n) is 2.59.